The molecule has 39 atom stereocenters. The fraction of sp³-hybridized carbons (Fsp3) is 0.907. The van der Waals surface area contributed by atoms with Crippen LogP contribution in [0.25, 0.3) is 0 Å². The summed E-state index contributed by atoms with van der Waals surface area (Å²) in [6.45, 7) is 42.6. The molecule has 20 nitrogen and oxygen atoms in total. The zero-order valence-corrected chi connectivity index (χ0v) is 68.2. The number of ether oxygens (including phenoxy) is 9. The van der Waals surface area contributed by atoms with E-state index in [4.69, 9.17) is 42.6 Å². The second-order valence-electron chi connectivity index (χ2n) is 39.7. The Labute approximate surface area is 711 Å². The first kappa shape index (κ1) is 108. The van der Waals surface area contributed by atoms with Gasteiger partial charge in [0.05, 0.1) is 66.7 Å². The molecular weight excluding hydrogens is 1490 g/mol. The topological polar surface area (TPSA) is 277 Å². The molecule has 2 saturated heterocycles. The van der Waals surface area contributed by atoms with Crippen LogP contribution in [0.3, 0.4) is 0 Å². The number of carbonyl (C=O) groups is 9. The van der Waals surface area contributed by atoms with Crippen LogP contribution < -0.4 is 0 Å². The Morgan fingerprint density at radius 1 is 0.385 bits per heavy atom. The minimum Gasteiger partial charge on any atom is -0.481 e. The largest absolute Gasteiger partial charge is 0.481 e. The minimum atomic E-state index is -0.873. The van der Waals surface area contributed by atoms with E-state index in [1.54, 1.807) is 20.8 Å². The first-order valence-electron chi connectivity index (χ1n) is 42.4. The van der Waals surface area contributed by atoms with Crippen LogP contribution in [-0.4, -0.2) is 120 Å². The van der Waals surface area contributed by atoms with Crippen molar-refractivity contribution in [1.29, 1.82) is 0 Å². The summed E-state index contributed by atoms with van der Waals surface area (Å²) in [5.41, 5.74) is -0.938. The molecule has 14 aliphatic carbocycles. The van der Waals surface area contributed by atoms with Gasteiger partial charge in [-0.2, -0.15) is 0 Å². The summed E-state index contributed by atoms with van der Waals surface area (Å²) in [5.74, 6) is 10.4. The smallest absolute Gasteiger partial charge is 0.347 e. The normalized spacial score (nSPS) is 42.9. The number of hydrogen-bond donors (Lipinski definition) is 2. The van der Waals surface area contributed by atoms with Gasteiger partial charge in [-0.05, 0) is 306 Å². The van der Waals surface area contributed by atoms with Crippen molar-refractivity contribution in [3.8, 4) is 0 Å². The molecule has 0 aromatic heterocycles. The number of carbonyl (C=O) groups excluding carboxylic acids is 7. The van der Waals surface area contributed by atoms with E-state index in [-0.39, 0.29) is 170 Å². The molecule has 16 aliphatic rings. The lowest BCUT2D eigenvalue weighted by atomic mass is 9.62. The highest BCUT2D eigenvalue weighted by molar-refractivity contribution is 5.87. The summed E-state index contributed by atoms with van der Waals surface area (Å²) in [5, 5.41) is 18.8. The zero-order valence-electron chi connectivity index (χ0n) is 68.2. The van der Waals surface area contributed by atoms with Crippen LogP contribution in [0.1, 0.15) is 296 Å². The third kappa shape index (κ3) is 20.5. The van der Waals surface area contributed by atoms with Crippen molar-refractivity contribution in [2.75, 3.05) is 19.8 Å². The highest BCUT2D eigenvalue weighted by atomic mass is 16.7. The minimum absolute atomic E-state index is 0. The van der Waals surface area contributed by atoms with Gasteiger partial charge in [0, 0.05) is 19.4 Å². The van der Waals surface area contributed by atoms with E-state index in [9.17, 15) is 53.4 Å². The number of carboxylic acids is 2. The van der Waals surface area contributed by atoms with E-state index in [0.29, 0.717) is 60.4 Å². The summed E-state index contributed by atoms with van der Waals surface area (Å²) >= 11 is 0. The molecule has 0 spiro atoms. The van der Waals surface area contributed by atoms with E-state index in [0.717, 1.165) is 141 Å². The fourth-order valence-electron chi connectivity index (χ4n) is 27.4. The van der Waals surface area contributed by atoms with Crippen LogP contribution in [-0.2, 0) is 85.8 Å². The lowest BCUT2D eigenvalue weighted by molar-refractivity contribution is -0.194. The van der Waals surface area contributed by atoms with E-state index >= 15 is 0 Å². The average Bonchev–Trinajstić information content (AvgIpc) is 1.54. The molecule has 2 heterocycles. The molecular formula is C97H174O20. The average molecular weight is 1660 g/mol. The predicted molar refractivity (Wildman–Crippen MR) is 462 cm³/mol. The molecule has 2 N–H and O–H groups in total. The van der Waals surface area contributed by atoms with Gasteiger partial charge in [0.1, 0.15) is 11.2 Å². The van der Waals surface area contributed by atoms with Gasteiger partial charge >= 0.3 is 53.7 Å². The van der Waals surface area contributed by atoms with Crippen LogP contribution in [0.4, 0.5) is 0 Å². The molecule has 682 valence electrons. The molecule has 39 unspecified atom stereocenters. The molecule has 14 saturated carbocycles. The van der Waals surface area contributed by atoms with Crippen molar-refractivity contribution in [3.63, 3.8) is 0 Å². The Balaban J connectivity index is 0.000000487. The van der Waals surface area contributed by atoms with Crippen molar-refractivity contribution in [2.45, 2.75) is 332 Å². The van der Waals surface area contributed by atoms with Crippen molar-refractivity contribution >= 4 is 53.7 Å². The lowest BCUT2D eigenvalue weighted by Gasteiger charge is -2.43. The molecule has 0 radical (unpaired) electrons. The first-order valence-corrected chi connectivity index (χ1v) is 42.4. The van der Waals surface area contributed by atoms with E-state index in [1.165, 1.54) is 25.7 Å². The maximum atomic E-state index is 12.8. The summed E-state index contributed by atoms with van der Waals surface area (Å²) in [7, 11) is 0. The number of rotatable bonds is 14. The van der Waals surface area contributed by atoms with Gasteiger partial charge in [-0.1, -0.05) is 144 Å². The standard InChI is InChI=1S/C20H30O3.C19H28O6.C19H30O2.C15H24O5.C14H22O4.10CH4/c1-10-11(2)14-9-13(10)18-12-7-15(19(14)18)16(8-12)20(21)23-17-5-3-4-6-22-17;1-9-10(2)12-8-11(9)14(15(12)18(22)25-19(3,4)5)17(21)24-13-6-7-23-16(13)20;1-9-10(2)13-8-12(9)16-11-6-14(17(13)16)15(7-11)18(20)21-19(3,4)5;1-5-19-9(4)20-15(18)13-11-6-10(7(2)8(11)3)12(13)14(16)17;1-6(2)18-14(17)12-10-5-9(7(3)8(10)4)11(12)13(15)16;;;;;;;;;;/h10-19H,3-9H2,1-2H3;9-15H,6-8H2,1-5H3;9-17H,6-8H2,1-5H3;7-13H,5-6H2,1-4H3,(H,16,17);6-12H,5H2,1-4H3,(H,15,16);10*1H4. The SMILES string of the molecule is C.C.C.C.C.C.C.C.C.C.CC(C)OC(=O)C1C2CC(C(C)C2C)C1C(=O)O.CC1C(C)C2CC1C(C(=O)OC1CCOC1=O)C2C(=O)OC(C)(C)C.CC1C(C)C2CC1C1C3CC(C(=O)OC(C)(C)C)C(C3)C21.CC1C(C)C2CC1C1C3CC(C(=O)OC4CCCCO4)C(C3)C21.CCOC(C)OC(=O)C1C2CC(C(C)C2C)C1C(=O)O. The number of aliphatic carboxylic acids is 2. The Kier molecular flexibility index (Phi) is 38.9. The summed E-state index contributed by atoms with van der Waals surface area (Å²) in [6, 6.07) is 0. The third-order valence-electron chi connectivity index (χ3n) is 32.4. The second kappa shape index (κ2) is 42.0. The van der Waals surface area contributed by atoms with E-state index < -0.39 is 83.3 Å². The van der Waals surface area contributed by atoms with Gasteiger partial charge in [-0.25, -0.2) is 4.79 Å². The molecule has 0 amide bonds. The van der Waals surface area contributed by atoms with Gasteiger partial charge < -0.3 is 52.8 Å². The Morgan fingerprint density at radius 3 is 1.08 bits per heavy atom. The van der Waals surface area contributed by atoms with Crippen LogP contribution in [0.5, 0.6) is 0 Å². The quantitative estimate of drug-likeness (QED) is 0.0707. The number of carboxylic acid groups (broad SMARTS) is 2. The highest BCUT2D eigenvalue weighted by Gasteiger charge is 2.70. The summed E-state index contributed by atoms with van der Waals surface area (Å²) in [4.78, 5) is 110. The highest BCUT2D eigenvalue weighted by Crippen LogP contribution is 2.73. The molecule has 20 heteroatoms. The van der Waals surface area contributed by atoms with Crippen LogP contribution >= 0.6 is 0 Å². The molecule has 0 aromatic carbocycles. The van der Waals surface area contributed by atoms with Crippen molar-refractivity contribution in [2.24, 2.45) is 213 Å². The number of hydrogen-bond acceptors (Lipinski definition) is 18. The van der Waals surface area contributed by atoms with Gasteiger partial charge in [0.15, 0.2) is 6.29 Å². The van der Waals surface area contributed by atoms with Crippen LogP contribution in [0, 0.1) is 213 Å². The van der Waals surface area contributed by atoms with E-state index in [2.05, 4.69) is 69.2 Å². The fourth-order valence-corrected chi connectivity index (χ4v) is 27.4. The van der Waals surface area contributed by atoms with E-state index in [1.807, 2.05) is 48.5 Å². The summed E-state index contributed by atoms with van der Waals surface area (Å²) < 4.78 is 48.7. The van der Waals surface area contributed by atoms with Gasteiger partial charge in [-0.15, -0.1) is 0 Å². The zero-order chi connectivity index (χ0) is 78.0. The van der Waals surface area contributed by atoms with Crippen molar-refractivity contribution in [1.82, 2.24) is 0 Å². The molecule has 117 heavy (non-hydrogen) atoms. The molecule has 0 aromatic rings. The van der Waals surface area contributed by atoms with Crippen molar-refractivity contribution < 1.29 is 96.0 Å². The maximum absolute atomic E-state index is 12.8. The number of cyclic esters (lactones) is 1. The van der Waals surface area contributed by atoms with Crippen LogP contribution in [0.15, 0.2) is 0 Å². The number of esters is 7. The third-order valence-corrected chi connectivity index (χ3v) is 32.4. The van der Waals surface area contributed by atoms with Crippen molar-refractivity contribution in [3.05, 3.63) is 0 Å². The monoisotopic (exact) mass is 1660 g/mol. The Hall–Kier alpha value is -4.85. The first-order chi connectivity index (χ1) is 50.2. The van der Waals surface area contributed by atoms with Crippen LogP contribution in [0.2, 0.25) is 0 Å². The van der Waals surface area contributed by atoms with Gasteiger partial charge in [0.2, 0.25) is 12.4 Å². The second-order valence-corrected chi connectivity index (χ2v) is 39.7. The predicted octanol–water partition coefficient (Wildman–Crippen LogP) is 21.0. The van der Waals surface area contributed by atoms with Gasteiger partial charge in [0.25, 0.3) is 0 Å². The maximum Gasteiger partial charge on any atom is 0.347 e. The molecule has 16 rings (SSSR count). The molecule has 14 bridgehead atoms. The summed E-state index contributed by atoms with van der Waals surface area (Å²) in [6.07, 6.45) is 11.8. The Morgan fingerprint density at radius 2 is 0.726 bits per heavy atom. The number of fused-ring (bicyclic) bond motifs is 24. The lowest BCUT2D eigenvalue weighted by Crippen LogP contribution is -2.44. The molecule has 2 aliphatic heterocycles. The molecule has 16 fully saturated rings. The van der Waals surface area contributed by atoms with Gasteiger partial charge in [-0.3, -0.25) is 38.4 Å². The Bertz CT molecular complexity index is 3270.